The molecule has 0 spiro atoms. The first kappa shape index (κ1) is 39.6. The maximum Gasteiger partial charge on any atom is 0.408 e. The fraction of sp³-hybridized carbons (Fsp3) is 0.585. The van der Waals surface area contributed by atoms with Gasteiger partial charge in [0.15, 0.2) is 11.3 Å². The Bertz CT molecular complexity index is 2170. The fourth-order valence-corrected chi connectivity index (χ4v) is 11.1. The number of aromatic amines is 1. The highest BCUT2D eigenvalue weighted by Crippen LogP contribution is 2.46. The zero-order valence-electron chi connectivity index (χ0n) is 31.8. The summed E-state index contributed by atoms with van der Waals surface area (Å²) in [7, 11) is -3.91. The zero-order valence-corrected chi connectivity index (χ0v) is 34.2. The molecule has 2 bridgehead atoms. The van der Waals surface area contributed by atoms with Crippen LogP contribution in [0.25, 0.3) is 10.9 Å². The quantitative estimate of drug-likeness (QED) is 0.287. The number of amides is 4. The number of halogens is 1. The summed E-state index contributed by atoms with van der Waals surface area (Å²) in [4.78, 5) is 75.3. The lowest BCUT2D eigenvalue weighted by Crippen LogP contribution is -2.59. The lowest BCUT2D eigenvalue weighted by atomic mass is 9.96. The topological polar surface area (TPSA) is 193 Å². The molecule has 5 fully saturated rings. The number of pyridine rings is 1. The number of H-pyrrole nitrogens is 1. The molecule has 306 valence electrons. The average molecular weight is 869 g/mol. The predicted molar refractivity (Wildman–Crippen MR) is 215 cm³/mol. The number of hydrogen-bond acceptors (Lipinski definition) is 9. The smallest absolute Gasteiger partial charge is 0.408 e. The maximum atomic E-state index is 14.9. The van der Waals surface area contributed by atoms with Gasteiger partial charge >= 0.3 is 6.09 Å². The molecule has 0 unspecified atom stereocenters. The molecule has 1 saturated heterocycles. The average Bonchev–Trinajstić information content (AvgIpc) is 3.97. The highest BCUT2D eigenvalue weighted by Gasteiger charge is 2.62. The van der Waals surface area contributed by atoms with Gasteiger partial charge in [-0.15, -0.1) is 6.58 Å². The van der Waals surface area contributed by atoms with Crippen LogP contribution < -0.4 is 25.5 Å². The Hall–Kier alpha value is -4.18. The van der Waals surface area contributed by atoms with Crippen LogP contribution in [0.15, 0.2) is 52.3 Å². The Morgan fingerprint density at radius 1 is 0.982 bits per heavy atom. The summed E-state index contributed by atoms with van der Waals surface area (Å²) in [5.74, 6) is -2.31. The van der Waals surface area contributed by atoms with Gasteiger partial charge in [0, 0.05) is 22.2 Å². The number of carbonyl (C=O) groups excluding carboxylic acids is 4. The maximum absolute atomic E-state index is 14.9. The van der Waals surface area contributed by atoms with Crippen LogP contribution in [0.1, 0.15) is 89.0 Å². The van der Waals surface area contributed by atoms with Gasteiger partial charge in [-0.3, -0.25) is 23.9 Å². The molecule has 4 saturated carbocycles. The summed E-state index contributed by atoms with van der Waals surface area (Å²) < 4.78 is 41.1. The van der Waals surface area contributed by atoms with Crippen LogP contribution >= 0.6 is 15.9 Å². The van der Waals surface area contributed by atoms with Crippen LogP contribution in [0, 0.1) is 17.8 Å². The summed E-state index contributed by atoms with van der Waals surface area (Å²) in [6, 6.07) is 3.21. The second kappa shape index (κ2) is 15.9. The van der Waals surface area contributed by atoms with Gasteiger partial charge < -0.3 is 30.0 Å². The van der Waals surface area contributed by atoms with Crippen LogP contribution in [0.2, 0.25) is 0 Å². The molecule has 57 heavy (non-hydrogen) atoms. The Kier molecular flexibility index (Phi) is 11.0. The minimum Gasteiger partial charge on any atom is -0.473 e. The number of ether oxygens (including phenoxy) is 2. The molecule has 6 aliphatic rings. The fourth-order valence-electron chi connectivity index (χ4n) is 9.39. The van der Waals surface area contributed by atoms with Crippen molar-refractivity contribution in [2.75, 3.05) is 6.54 Å². The predicted octanol–water partition coefficient (Wildman–Crippen LogP) is 4.65. The van der Waals surface area contributed by atoms with E-state index in [4.69, 9.17) is 9.47 Å². The first-order chi connectivity index (χ1) is 27.4. The largest absolute Gasteiger partial charge is 0.473 e. The molecular weight excluding hydrogens is 818 g/mol. The van der Waals surface area contributed by atoms with Gasteiger partial charge in [0.25, 0.3) is 5.91 Å². The number of aromatic nitrogens is 1. The van der Waals surface area contributed by atoms with Crippen molar-refractivity contribution in [2.45, 2.75) is 125 Å². The van der Waals surface area contributed by atoms with Crippen molar-refractivity contribution in [2.24, 2.45) is 17.8 Å². The van der Waals surface area contributed by atoms with Gasteiger partial charge in [-0.1, -0.05) is 47.0 Å². The normalized spacial score (nSPS) is 31.5. The van der Waals surface area contributed by atoms with Crippen LogP contribution in [0.5, 0.6) is 5.88 Å². The lowest BCUT2D eigenvalue weighted by Gasteiger charge is -2.32. The molecule has 0 radical (unpaired) electrons. The summed E-state index contributed by atoms with van der Waals surface area (Å²) >= 11 is 3.48. The van der Waals surface area contributed by atoms with E-state index in [1.165, 1.54) is 11.0 Å². The Morgan fingerprint density at radius 2 is 1.75 bits per heavy atom. The van der Waals surface area contributed by atoms with E-state index in [-0.39, 0.29) is 55.1 Å². The van der Waals surface area contributed by atoms with Crippen molar-refractivity contribution < 1.29 is 37.1 Å². The van der Waals surface area contributed by atoms with Crippen LogP contribution in [-0.4, -0.2) is 83.7 Å². The minimum absolute atomic E-state index is 0.00429. The third-order valence-corrected chi connectivity index (χ3v) is 15.2. The summed E-state index contributed by atoms with van der Waals surface area (Å²) in [5, 5.41) is 5.58. The van der Waals surface area contributed by atoms with Crippen molar-refractivity contribution >= 4 is 60.7 Å². The van der Waals surface area contributed by atoms with Gasteiger partial charge in [-0.05, 0) is 101 Å². The van der Waals surface area contributed by atoms with E-state index in [0.717, 1.165) is 49.4 Å². The van der Waals surface area contributed by atoms with Gasteiger partial charge in [0.1, 0.15) is 29.8 Å². The van der Waals surface area contributed by atoms with Crippen molar-refractivity contribution in [1.29, 1.82) is 0 Å². The summed E-state index contributed by atoms with van der Waals surface area (Å²) in [5.41, 5.74) is -0.807. The zero-order chi connectivity index (χ0) is 40.1. The standard InChI is InChI=1S/C41H50BrN5O9S/c1-2-25-21-41(25,39(51)46-57(53,54)28-16-17-28)45-36(49)32-20-27-22-47(32)38(50)34(24-10-6-7-11-24)44-40(52)56-33-14-8-12-23(33)9-4-3-5-13-29-35(48)30-19-26(42)15-18-31(30)43-37(29)55-27/h2-3,5,15,18-19,23-25,27-28,32-34H,1,4,6-14,16-17,20-22H2,(H,43,48)(H,44,52)(H,45,49)(H,46,51)/b5-3+/t23-,25-,27-,32+,33-,34+,41-/m1/s1. The molecule has 7 atom stereocenters. The van der Waals surface area contributed by atoms with E-state index in [9.17, 15) is 32.4 Å². The number of carbonyl (C=O) groups is 4. The van der Waals surface area contributed by atoms with Gasteiger partial charge in [0.05, 0.1) is 22.9 Å². The summed E-state index contributed by atoms with van der Waals surface area (Å²) in [6.45, 7) is 3.74. The molecule has 4 aliphatic carbocycles. The number of nitrogens with one attached hydrogen (secondary N) is 4. The molecule has 4 amide bonds. The van der Waals surface area contributed by atoms with Crippen molar-refractivity contribution in [3.63, 3.8) is 0 Å². The molecule has 4 N–H and O–H groups in total. The number of fused-ring (bicyclic) bond motifs is 5. The summed E-state index contributed by atoms with van der Waals surface area (Å²) in [6.07, 6.45) is 12.3. The highest BCUT2D eigenvalue weighted by atomic mass is 79.9. The highest BCUT2D eigenvalue weighted by molar-refractivity contribution is 9.10. The number of sulfonamides is 1. The van der Waals surface area contributed by atoms with Gasteiger partial charge in [-0.25, -0.2) is 13.2 Å². The first-order valence-corrected chi connectivity index (χ1v) is 22.6. The van der Waals surface area contributed by atoms with Crippen molar-refractivity contribution in [3.05, 3.63) is 63.3 Å². The Balaban J connectivity index is 1.15. The second-order valence-electron chi connectivity index (χ2n) is 16.7. The van der Waals surface area contributed by atoms with E-state index >= 15 is 0 Å². The van der Waals surface area contributed by atoms with E-state index in [2.05, 4.69) is 42.8 Å². The number of nitrogens with zero attached hydrogens (tertiary/aromatic N) is 1. The molecule has 2 aromatic rings. The van der Waals surface area contributed by atoms with Crippen LogP contribution in [0.3, 0.4) is 0 Å². The number of rotatable bonds is 7. The number of alkyl carbamates (subject to hydrolysis) is 1. The van der Waals surface area contributed by atoms with Gasteiger partial charge in [-0.2, -0.15) is 0 Å². The monoisotopic (exact) mass is 867 g/mol. The van der Waals surface area contributed by atoms with E-state index in [1.807, 2.05) is 18.2 Å². The SMILES string of the molecule is C=C[C@@H]1C[C@]1(NC(=O)[C@@H]1C[C@@H]2CN1C(=O)[C@H](C1CCCC1)NC(=O)O[C@@H]1CCC[C@H]1CC/C=C/Cc1c([nH]c3ccc(Br)cc3c1=O)O2)C(=O)NS(=O)(=O)C1CC1. The van der Waals surface area contributed by atoms with E-state index < -0.39 is 68.7 Å². The molecule has 14 nitrogen and oxygen atoms in total. The molecule has 3 heterocycles. The van der Waals surface area contributed by atoms with Crippen LogP contribution in [0.4, 0.5) is 4.79 Å². The van der Waals surface area contributed by atoms with Gasteiger partial charge in [0.2, 0.25) is 21.8 Å². The van der Waals surface area contributed by atoms with Crippen LogP contribution in [-0.2, 0) is 35.6 Å². The Morgan fingerprint density at radius 3 is 2.49 bits per heavy atom. The second-order valence-corrected chi connectivity index (χ2v) is 19.5. The Labute approximate surface area is 340 Å². The minimum atomic E-state index is -3.91. The van der Waals surface area contributed by atoms with Crippen molar-refractivity contribution in [3.8, 4) is 5.88 Å². The third-order valence-electron chi connectivity index (χ3n) is 12.9. The molecule has 1 aromatic heterocycles. The molecule has 2 aliphatic heterocycles. The number of benzene rings is 1. The lowest BCUT2D eigenvalue weighted by molar-refractivity contribution is -0.142. The van der Waals surface area contributed by atoms with E-state index in [1.54, 1.807) is 12.1 Å². The number of allylic oxidation sites excluding steroid dienone is 2. The number of hydrogen-bond donors (Lipinski definition) is 4. The molecule has 8 rings (SSSR count). The molecular formula is C41H50BrN5O9S. The van der Waals surface area contributed by atoms with Crippen molar-refractivity contribution in [1.82, 2.24) is 25.2 Å². The first-order valence-electron chi connectivity index (χ1n) is 20.3. The third kappa shape index (κ3) is 8.12. The molecule has 16 heteroatoms. The molecule has 1 aromatic carbocycles. The van der Waals surface area contributed by atoms with E-state index in [0.29, 0.717) is 42.1 Å².